The lowest BCUT2D eigenvalue weighted by molar-refractivity contribution is -0.116. The second-order valence-electron chi connectivity index (χ2n) is 7.90. The Hall–Kier alpha value is -3.72. The summed E-state index contributed by atoms with van der Waals surface area (Å²) in [6.45, 7) is 4.37. The predicted molar refractivity (Wildman–Crippen MR) is 127 cm³/mol. The Balaban J connectivity index is 1.46. The van der Waals surface area contributed by atoms with Crippen LogP contribution in [-0.2, 0) is 11.2 Å². The fraction of sp³-hybridized carbons (Fsp3) is 0.250. The van der Waals surface area contributed by atoms with Crippen LogP contribution in [0.3, 0.4) is 0 Å². The third-order valence-electron chi connectivity index (χ3n) is 5.24. The van der Waals surface area contributed by atoms with E-state index in [0.717, 1.165) is 5.75 Å². The van der Waals surface area contributed by atoms with Gasteiger partial charge in [0.05, 0.1) is 11.6 Å². The van der Waals surface area contributed by atoms with Crippen molar-refractivity contribution in [1.82, 2.24) is 19.2 Å². The van der Waals surface area contributed by atoms with Crippen molar-refractivity contribution in [3.63, 3.8) is 0 Å². The summed E-state index contributed by atoms with van der Waals surface area (Å²) < 4.78 is 21.9. The number of carbonyl (C=O) groups excluding carboxylic acids is 1. The Kier molecular flexibility index (Phi) is 6.93. The average molecular weight is 484 g/mol. The molecule has 0 saturated heterocycles. The largest absolute Gasteiger partial charge is 0.494 e. The standard InChI is InChI=1S/C24H23ClFN5O3/c1-3-34-18-7-5-17(6-8-18)30-10-11-31-21(28-29-23(31)24(30)33)12-15(2)13-22(32)27-16-4-9-20(26)19(25)14-16/h4-11,14-15H,3,12-13H2,1-2H3,(H,27,32)/t15-/m0/s1. The number of hydrogen-bond acceptors (Lipinski definition) is 5. The van der Waals surface area contributed by atoms with Crippen molar-refractivity contribution in [1.29, 1.82) is 0 Å². The summed E-state index contributed by atoms with van der Waals surface area (Å²) in [6, 6.07) is 11.2. The molecule has 2 heterocycles. The Morgan fingerprint density at radius 2 is 1.94 bits per heavy atom. The molecule has 2 aromatic carbocycles. The van der Waals surface area contributed by atoms with Crippen molar-refractivity contribution in [3.8, 4) is 11.4 Å². The van der Waals surface area contributed by atoms with E-state index in [-0.39, 0.29) is 34.5 Å². The minimum absolute atomic E-state index is 0.0586. The van der Waals surface area contributed by atoms with Gasteiger partial charge in [-0.25, -0.2) is 4.39 Å². The quantitative estimate of drug-likeness (QED) is 0.404. The molecule has 1 N–H and O–H groups in total. The van der Waals surface area contributed by atoms with Gasteiger partial charge >= 0.3 is 5.56 Å². The predicted octanol–water partition coefficient (Wildman–Crippen LogP) is 4.28. The molecular formula is C24H23ClFN5O3. The second-order valence-corrected chi connectivity index (χ2v) is 8.31. The fourth-order valence-corrected chi connectivity index (χ4v) is 3.81. The molecule has 0 aliphatic carbocycles. The second kappa shape index (κ2) is 10.0. The SMILES string of the molecule is CCOc1ccc(-n2ccn3c(C[C@H](C)CC(=O)Nc4ccc(F)c(Cl)c4)nnc3c2=O)cc1. The van der Waals surface area contributed by atoms with Crippen LogP contribution in [0.15, 0.2) is 59.7 Å². The van der Waals surface area contributed by atoms with E-state index >= 15 is 0 Å². The molecule has 8 nitrogen and oxygen atoms in total. The Morgan fingerprint density at radius 1 is 1.18 bits per heavy atom. The van der Waals surface area contributed by atoms with E-state index in [4.69, 9.17) is 16.3 Å². The molecule has 0 saturated carbocycles. The van der Waals surface area contributed by atoms with Crippen LogP contribution in [0.5, 0.6) is 5.75 Å². The molecule has 0 fully saturated rings. The number of hydrogen-bond donors (Lipinski definition) is 1. The number of nitrogens with zero attached hydrogens (tertiary/aromatic N) is 4. The molecule has 1 amide bonds. The molecular weight excluding hydrogens is 461 g/mol. The van der Waals surface area contributed by atoms with Crippen LogP contribution in [0.1, 0.15) is 26.1 Å². The van der Waals surface area contributed by atoms with Crippen molar-refractivity contribution in [3.05, 3.63) is 81.9 Å². The zero-order valence-electron chi connectivity index (χ0n) is 18.7. The van der Waals surface area contributed by atoms with Crippen LogP contribution in [0.2, 0.25) is 5.02 Å². The van der Waals surface area contributed by atoms with Crippen LogP contribution in [0.25, 0.3) is 11.3 Å². The smallest absolute Gasteiger partial charge is 0.300 e. The lowest BCUT2D eigenvalue weighted by atomic mass is 10.0. The average Bonchev–Trinajstić information content (AvgIpc) is 3.21. The van der Waals surface area contributed by atoms with Crippen LogP contribution < -0.4 is 15.6 Å². The maximum atomic E-state index is 13.3. The van der Waals surface area contributed by atoms with E-state index in [0.29, 0.717) is 30.2 Å². The molecule has 34 heavy (non-hydrogen) atoms. The molecule has 0 unspecified atom stereocenters. The van der Waals surface area contributed by atoms with Gasteiger partial charge in [-0.05, 0) is 55.3 Å². The van der Waals surface area contributed by atoms with Gasteiger partial charge in [0.2, 0.25) is 11.6 Å². The number of aromatic nitrogens is 4. The zero-order valence-corrected chi connectivity index (χ0v) is 19.4. The van der Waals surface area contributed by atoms with Gasteiger partial charge in [-0.1, -0.05) is 18.5 Å². The number of ether oxygens (including phenoxy) is 1. The highest BCUT2D eigenvalue weighted by molar-refractivity contribution is 6.31. The molecule has 0 bridgehead atoms. The summed E-state index contributed by atoms with van der Waals surface area (Å²) in [4.78, 5) is 25.4. The van der Waals surface area contributed by atoms with Crippen LogP contribution >= 0.6 is 11.6 Å². The highest BCUT2D eigenvalue weighted by Crippen LogP contribution is 2.20. The van der Waals surface area contributed by atoms with E-state index in [1.54, 1.807) is 41.1 Å². The van der Waals surface area contributed by atoms with Crippen molar-refractivity contribution in [2.45, 2.75) is 26.7 Å². The molecule has 4 aromatic rings. The number of fused-ring (bicyclic) bond motifs is 1. The monoisotopic (exact) mass is 483 g/mol. The van der Waals surface area contributed by atoms with Crippen molar-refractivity contribution >= 4 is 28.8 Å². The summed E-state index contributed by atoms with van der Waals surface area (Å²) in [5.74, 6) is 0.439. The van der Waals surface area contributed by atoms with Crippen molar-refractivity contribution in [2.24, 2.45) is 5.92 Å². The maximum absolute atomic E-state index is 13.3. The molecule has 176 valence electrons. The van der Waals surface area contributed by atoms with Crippen LogP contribution in [-0.4, -0.2) is 31.7 Å². The van der Waals surface area contributed by atoms with Gasteiger partial charge in [0, 0.05) is 36.6 Å². The summed E-state index contributed by atoms with van der Waals surface area (Å²) in [6.07, 6.45) is 4.03. The number of halogens is 2. The molecule has 1 atom stereocenters. The van der Waals surface area contributed by atoms with Gasteiger partial charge in [-0.3, -0.25) is 18.6 Å². The van der Waals surface area contributed by atoms with Gasteiger partial charge in [0.15, 0.2) is 0 Å². The van der Waals surface area contributed by atoms with Crippen LogP contribution in [0.4, 0.5) is 10.1 Å². The summed E-state index contributed by atoms with van der Waals surface area (Å²) in [7, 11) is 0. The lowest BCUT2D eigenvalue weighted by Crippen LogP contribution is -2.21. The first-order chi connectivity index (χ1) is 16.4. The summed E-state index contributed by atoms with van der Waals surface area (Å²) >= 11 is 5.76. The minimum atomic E-state index is -0.548. The Bertz CT molecular complexity index is 1380. The molecule has 4 rings (SSSR count). The fourth-order valence-electron chi connectivity index (χ4n) is 3.63. The van der Waals surface area contributed by atoms with Gasteiger partial charge in [-0.15, -0.1) is 10.2 Å². The normalized spacial score (nSPS) is 12.0. The number of benzene rings is 2. The maximum Gasteiger partial charge on any atom is 0.300 e. The number of anilines is 1. The summed E-state index contributed by atoms with van der Waals surface area (Å²) in [5.41, 5.74) is 1.01. The van der Waals surface area contributed by atoms with Crippen molar-refractivity contribution < 1.29 is 13.9 Å². The Morgan fingerprint density at radius 3 is 2.65 bits per heavy atom. The number of nitrogens with one attached hydrogen (secondary N) is 1. The third-order valence-corrected chi connectivity index (χ3v) is 5.53. The summed E-state index contributed by atoms with van der Waals surface area (Å²) in [5, 5.41) is 10.9. The van der Waals surface area contributed by atoms with Gasteiger partial charge in [-0.2, -0.15) is 0 Å². The molecule has 0 radical (unpaired) electrons. The van der Waals surface area contributed by atoms with E-state index in [1.807, 2.05) is 13.8 Å². The first-order valence-corrected chi connectivity index (χ1v) is 11.2. The van der Waals surface area contributed by atoms with E-state index in [9.17, 15) is 14.0 Å². The van der Waals surface area contributed by atoms with Gasteiger partial charge in [0.1, 0.15) is 17.4 Å². The minimum Gasteiger partial charge on any atom is -0.494 e. The molecule has 2 aromatic heterocycles. The molecule has 0 spiro atoms. The molecule has 0 aliphatic heterocycles. The Labute approximate surface area is 200 Å². The van der Waals surface area contributed by atoms with E-state index < -0.39 is 5.82 Å². The number of rotatable bonds is 8. The third kappa shape index (κ3) is 5.09. The highest BCUT2D eigenvalue weighted by Gasteiger charge is 2.17. The van der Waals surface area contributed by atoms with Gasteiger partial charge in [0.25, 0.3) is 0 Å². The number of carbonyl (C=O) groups is 1. The first-order valence-electron chi connectivity index (χ1n) is 10.8. The zero-order chi connectivity index (χ0) is 24.2. The van der Waals surface area contributed by atoms with Gasteiger partial charge < -0.3 is 10.1 Å². The van der Waals surface area contributed by atoms with Crippen molar-refractivity contribution in [2.75, 3.05) is 11.9 Å². The first kappa shape index (κ1) is 23.4. The highest BCUT2D eigenvalue weighted by atomic mass is 35.5. The molecule has 0 aliphatic rings. The van der Waals surface area contributed by atoms with E-state index in [1.165, 1.54) is 22.8 Å². The van der Waals surface area contributed by atoms with E-state index in [2.05, 4.69) is 15.5 Å². The molecule has 10 heteroatoms. The van der Waals surface area contributed by atoms with Crippen LogP contribution in [0, 0.1) is 11.7 Å². The topological polar surface area (TPSA) is 90.5 Å². The lowest BCUT2D eigenvalue weighted by Gasteiger charge is -2.12. The number of amides is 1.